The van der Waals surface area contributed by atoms with E-state index >= 15 is 0 Å². The number of benzene rings is 1. The van der Waals surface area contributed by atoms with Gasteiger partial charge in [0.1, 0.15) is 11.6 Å². The summed E-state index contributed by atoms with van der Waals surface area (Å²) in [4.78, 5) is 27.3. The topological polar surface area (TPSA) is 78.6 Å². The molecule has 1 fully saturated rings. The highest BCUT2D eigenvalue weighted by Crippen LogP contribution is 2.27. The standard InChI is InChI=1S/C22H32N4O4/c1-5-25-20(23-26(22(25)28)14-15-29-4)17-10-12-24(13-11-17)21(27)18-6-8-19(9-7-18)30-16(2)3/h6-9,16-17H,5,10-15H2,1-4H3. The van der Waals surface area contributed by atoms with Gasteiger partial charge in [-0.1, -0.05) is 0 Å². The average Bonchev–Trinajstić information content (AvgIpc) is 3.07. The zero-order valence-electron chi connectivity index (χ0n) is 18.3. The van der Waals surface area contributed by atoms with Crippen molar-refractivity contribution < 1.29 is 14.3 Å². The Balaban J connectivity index is 1.64. The fourth-order valence-electron chi connectivity index (χ4n) is 3.85. The van der Waals surface area contributed by atoms with E-state index in [-0.39, 0.29) is 23.6 Å². The Bertz CT molecular complexity index is 893. The van der Waals surface area contributed by atoms with Gasteiger partial charge in [0, 0.05) is 38.2 Å². The first-order valence-corrected chi connectivity index (χ1v) is 10.7. The molecule has 2 heterocycles. The average molecular weight is 417 g/mol. The van der Waals surface area contributed by atoms with Gasteiger partial charge in [-0.05, 0) is 57.9 Å². The zero-order valence-corrected chi connectivity index (χ0v) is 18.3. The van der Waals surface area contributed by atoms with Crippen LogP contribution >= 0.6 is 0 Å². The van der Waals surface area contributed by atoms with E-state index in [0.29, 0.717) is 38.3 Å². The largest absolute Gasteiger partial charge is 0.491 e. The fraction of sp³-hybridized carbons (Fsp3) is 0.591. The van der Waals surface area contributed by atoms with Gasteiger partial charge in [0.2, 0.25) is 0 Å². The molecule has 164 valence electrons. The molecule has 3 rings (SSSR count). The minimum atomic E-state index is -0.0910. The minimum Gasteiger partial charge on any atom is -0.491 e. The molecule has 1 aromatic heterocycles. The molecule has 30 heavy (non-hydrogen) atoms. The van der Waals surface area contributed by atoms with Gasteiger partial charge in [-0.25, -0.2) is 9.48 Å². The first-order valence-electron chi connectivity index (χ1n) is 10.7. The van der Waals surface area contributed by atoms with Crippen LogP contribution in [0.4, 0.5) is 0 Å². The van der Waals surface area contributed by atoms with Gasteiger partial charge in [0.15, 0.2) is 0 Å². The zero-order chi connectivity index (χ0) is 21.7. The number of rotatable bonds is 8. The quantitative estimate of drug-likeness (QED) is 0.661. The van der Waals surface area contributed by atoms with E-state index in [0.717, 1.165) is 24.4 Å². The lowest BCUT2D eigenvalue weighted by Crippen LogP contribution is -2.38. The van der Waals surface area contributed by atoms with Crippen LogP contribution < -0.4 is 10.4 Å². The number of hydrogen-bond donors (Lipinski definition) is 0. The Hall–Kier alpha value is -2.61. The lowest BCUT2D eigenvalue weighted by atomic mass is 9.95. The van der Waals surface area contributed by atoms with E-state index in [2.05, 4.69) is 5.10 Å². The molecule has 1 amide bonds. The van der Waals surface area contributed by atoms with Gasteiger partial charge in [-0.3, -0.25) is 9.36 Å². The summed E-state index contributed by atoms with van der Waals surface area (Å²) in [5.41, 5.74) is 0.575. The molecule has 8 nitrogen and oxygen atoms in total. The molecular formula is C22H32N4O4. The number of aromatic nitrogens is 3. The summed E-state index contributed by atoms with van der Waals surface area (Å²) in [6.45, 7) is 8.69. The van der Waals surface area contributed by atoms with Crippen LogP contribution in [-0.2, 0) is 17.8 Å². The van der Waals surface area contributed by atoms with Gasteiger partial charge in [0.25, 0.3) is 5.91 Å². The smallest absolute Gasteiger partial charge is 0.345 e. The molecule has 0 spiro atoms. The molecular weight excluding hydrogens is 384 g/mol. The number of ether oxygens (including phenoxy) is 2. The molecule has 0 N–H and O–H groups in total. The van der Waals surface area contributed by atoms with Crippen LogP contribution in [0, 0.1) is 0 Å². The van der Waals surface area contributed by atoms with Crippen LogP contribution in [0.25, 0.3) is 0 Å². The second-order valence-electron chi connectivity index (χ2n) is 7.86. The second-order valence-corrected chi connectivity index (χ2v) is 7.86. The number of carbonyl (C=O) groups excluding carboxylic acids is 1. The fourth-order valence-corrected chi connectivity index (χ4v) is 3.85. The molecule has 2 aromatic rings. The summed E-state index contributed by atoms with van der Waals surface area (Å²) in [5.74, 6) is 1.79. The molecule has 1 aliphatic heterocycles. The van der Waals surface area contributed by atoms with Crippen molar-refractivity contribution in [2.24, 2.45) is 0 Å². The van der Waals surface area contributed by atoms with E-state index in [1.165, 1.54) is 4.68 Å². The molecule has 1 aromatic carbocycles. The maximum atomic E-state index is 12.9. The van der Waals surface area contributed by atoms with Crippen molar-refractivity contribution in [3.8, 4) is 5.75 Å². The summed E-state index contributed by atoms with van der Waals surface area (Å²) in [6.07, 6.45) is 1.69. The highest BCUT2D eigenvalue weighted by Gasteiger charge is 2.28. The Kier molecular flexibility index (Phi) is 7.31. The van der Waals surface area contributed by atoms with Crippen LogP contribution in [0.5, 0.6) is 5.75 Å². The number of piperidine rings is 1. The lowest BCUT2D eigenvalue weighted by molar-refractivity contribution is 0.0710. The van der Waals surface area contributed by atoms with Gasteiger partial charge < -0.3 is 14.4 Å². The predicted molar refractivity (Wildman–Crippen MR) is 114 cm³/mol. The van der Waals surface area contributed by atoms with Crippen molar-refractivity contribution in [2.45, 2.75) is 58.7 Å². The predicted octanol–water partition coefficient (Wildman–Crippen LogP) is 2.52. The second kappa shape index (κ2) is 9.93. The maximum Gasteiger partial charge on any atom is 0.345 e. The third kappa shape index (κ3) is 4.92. The molecule has 0 bridgehead atoms. The van der Waals surface area contributed by atoms with E-state index in [9.17, 15) is 9.59 Å². The summed E-state index contributed by atoms with van der Waals surface area (Å²) >= 11 is 0. The maximum absolute atomic E-state index is 12.9. The minimum absolute atomic E-state index is 0.0306. The van der Waals surface area contributed by atoms with Gasteiger partial charge in [-0.15, -0.1) is 0 Å². The van der Waals surface area contributed by atoms with E-state index in [1.807, 2.05) is 49.9 Å². The van der Waals surface area contributed by atoms with Gasteiger partial charge >= 0.3 is 5.69 Å². The van der Waals surface area contributed by atoms with Crippen LogP contribution in [0.3, 0.4) is 0 Å². The van der Waals surface area contributed by atoms with Crippen LogP contribution in [-0.4, -0.2) is 58.1 Å². The van der Waals surface area contributed by atoms with E-state index in [4.69, 9.17) is 9.47 Å². The third-order valence-corrected chi connectivity index (χ3v) is 5.40. The molecule has 0 aliphatic carbocycles. The number of likely N-dealkylation sites (tertiary alicyclic amines) is 1. The summed E-state index contributed by atoms with van der Waals surface area (Å²) < 4.78 is 14.0. The van der Waals surface area contributed by atoms with E-state index < -0.39 is 0 Å². The number of amides is 1. The Morgan fingerprint density at radius 1 is 1.20 bits per heavy atom. The number of nitrogens with zero attached hydrogens (tertiary/aromatic N) is 4. The number of carbonyl (C=O) groups is 1. The van der Waals surface area contributed by atoms with Crippen LogP contribution in [0.1, 0.15) is 55.7 Å². The number of hydrogen-bond acceptors (Lipinski definition) is 5. The number of methoxy groups -OCH3 is 1. The molecule has 1 aliphatic rings. The van der Waals surface area contributed by atoms with Crippen molar-refractivity contribution in [1.29, 1.82) is 0 Å². The van der Waals surface area contributed by atoms with Crippen LogP contribution in [0.15, 0.2) is 29.1 Å². The molecule has 1 saturated heterocycles. The molecule has 0 saturated carbocycles. The van der Waals surface area contributed by atoms with Crippen LogP contribution in [0.2, 0.25) is 0 Å². The summed E-state index contributed by atoms with van der Waals surface area (Å²) in [7, 11) is 1.61. The SMILES string of the molecule is CCn1c(C2CCN(C(=O)c3ccc(OC(C)C)cc3)CC2)nn(CCOC)c1=O. The normalized spacial score (nSPS) is 15.0. The lowest BCUT2D eigenvalue weighted by Gasteiger charge is -2.31. The Morgan fingerprint density at radius 2 is 1.87 bits per heavy atom. The van der Waals surface area contributed by atoms with Crippen molar-refractivity contribution >= 4 is 5.91 Å². The van der Waals surface area contributed by atoms with Crippen molar-refractivity contribution in [3.63, 3.8) is 0 Å². The molecule has 0 unspecified atom stereocenters. The highest BCUT2D eigenvalue weighted by molar-refractivity contribution is 5.94. The Morgan fingerprint density at radius 3 is 2.43 bits per heavy atom. The van der Waals surface area contributed by atoms with Crippen molar-refractivity contribution in [1.82, 2.24) is 19.2 Å². The summed E-state index contributed by atoms with van der Waals surface area (Å²) in [5, 5.41) is 4.57. The molecule has 0 radical (unpaired) electrons. The Labute approximate surface area is 177 Å². The van der Waals surface area contributed by atoms with Crippen molar-refractivity contribution in [2.75, 3.05) is 26.8 Å². The summed E-state index contributed by atoms with van der Waals surface area (Å²) in [6, 6.07) is 7.32. The van der Waals surface area contributed by atoms with Crippen molar-refractivity contribution in [3.05, 3.63) is 46.1 Å². The first kappa shape index (κ1) is 22.1. The molecule has 0 atom stereocenters. The van der Waals surface area contributed by atoms with Gasteiger partial charge in [0.05, 0.1) is 19.3 Å². The third-order valence-electron chi connectivity index (χ3n) is 5.40. The highest BCUT2D eigenvalue weighted by atomic mass is 16.5. The van der Waals surface area contributed by atoms with E-state index in [1.54, 1.807) is 11.7 Å². The van der Waals surface area contributed by atoms with Gasteiger partial charge in [-0.2, -0.15) is 5.10 Å². The first-order chi connectivity index (χ1) is 14.4. The molecule has 8 heteroatoms. The monoisotopic (exact) mass is 416 g/mol.